The molecule has 146 valence electrons. The fourth-order valence-corrected chi connectivity index (χ4v) is 4.03. The predicted molar refractivity (Wildman–Crippen MR) is 114 cm³/mol. The molecule has 0 aliphatic carbocycles. The Bertz CT molecular complexity index is 941. The highest BCUT2D eigenvalue weighted by Crippen LogP contribution is 2.30. The first-order valence-corrected chi connectivity index (χ1v) is 9.89. The number of ether oxygens (including phenoxy) is 1. The number of carbonyl (C=O) groups is 2. The molecule has 0 unspecified atom stereocenters. The van der Waals surface area contributed by atoms with Crippen LogP contribution in [0.25, 0.3) is 0 Å². The summed E-state index contributed by atoms with van der Waals surface area (Å²) < 4.78 is 5.09. The SMILES string of the molecule is COc1ccc(NC(=O)C[C@H]2SC(=Nc3c(C)cccc3C)NC2=O)cc1Cl. The van der Waals surface area contributed by atoms with Gasteiger partial charge in [0.15, 0.2) is 5.17 Å². The van der Waals surface area contributed by atoms with E-state index >= 15 is 0 Å². The Morgan fingerprint density at radius 2 is 2.00 bits per heavy atom. The second kappa shape index (κ2) is 8.67. The van der Waals surface area contributed by atoms with Crippen LogP contribution in [0.5, 0.6) is 5.75 Å². The molecule has 1 atom stereocenters. The molecule has 0 saturated carbocycles. The van der Waals surface area contributed by atoms with Crippen molar-refractivity contribution in [2.75, 3.05) is 12.4 Å². The van der Waals surface area contributed by atoms with Gasteiger partial charge in [0.1, 0.15) is 11.0 Å². The summed E-state index contributed by atoms with van der Waals surface area (Å²) in [6.45, 7) is 3.94. The predicted octanol–water partition coefficient (Wildman–Crippen LogP) is 4.21. The Labute approximate surface area is 172 Å². The standard InChI is InChI=1S/C20H20ClN3O3S/c1-11-5-4-6-12(2)18(11)23-20-24-19(26)16(28-20)10-17(25)22-13-7-8-15(27-3)14(21)9-13/h4-9,16H,10H2,1-3H3,(H,22,25)(H,23,24,26)/t16-/m1/s1. The van der Waals surface area contributed by atoms with Crippen molar-refractivity contribution in [3.63, 3.8) is 0 Å². The maximum absolute atomic E-state index is 12.3. The summed E-state index contributed by atoms with van der Waals surface area (Å²) in [4.78, 5) is 29.1. The lowest BCUT2D eigenvalue weighted by molar-refractivity contribution is -0.122. The molecule has 1 saturated heterocycles. The van der Waals surface area contributed by atoms with Crippen molar-refractivity contribution in [1.82, 2.24) is 5.32 Å². The number of amides is 2. The highest BCUT2D eigenvalue weighted by Gasteiger charge is 2.32. The zero-order valence-electron chi connectivity index (χ0n) is 15.7. The molecule has 28 heavy (non-hydrogen) atoms. The highest BCUT2D eigenvalue weighted by molar-refractivity contribution is 8.15. The van der Waals surface area contributed by atoms with E-state index in [9.17, 15) is 9.59 Å². The van der Waals surface area contributed by atoms with Gasteiger partial charge >= 0.3 is 0 Å². The molecule has 1 fully saturated rings. The van der Waals surface area contributed by atoms with E-state index in [4.69, 9.17) is 16.3 Å². The largest absolute Gasteiger partial charge is 0.495 e. The van der Waals surface area contributed by atoms with Gasteiger partial charge < -0.3 is 15.4 Å². The van der Waals surface area contributed by atoms with Gasteiger partial charge in [0.2, 0.25) is 11.8 Å². The third kappa shape index (κ3) is 4.66. The van der Waals surface area contributed by atoms with Gasteiger partial charge in [0.25, 0.3) is 0 Å². The van der Waals surface area contributed by atoms with Crippen LogP contribution in [0.1, 0.15) is 17.5 Å². The maximum atomic E-state index is 12.3. The smallest absolute Gasteiger partial charge is 0.240 e. The molecule has 1 heterocycles. The van der Waals surface area contributed by atoms with Crippen LogP contribution in [-0.2, 0) is 9.59 Å². The van der Waals surface area contributed by atoms with Crippen LogP contribution in [0.15, 0.2) is 41.4 Å². The quantitative estimate of drug-likeness (QED) is 0.763. The van der Waals surface area contributed by atoms with Gasteiger partial charge in [0, 0.05) is 12.1 Å². The monoisotopic (exact) mass is 417 g/mol. The molecule has 2 aromatic rings. The van der Waals surface area contributed by atoms with Crippen LogP contribution in [0.4, 0.5) is 11.4 Å². The normalized spacial score (nSPS) is 17.5. The molecule has 6 nitrogen and oxygen atoms in total. The fraction of sp³-hybridized carbons (Fsp3) is 0.250. The van der Waals surface area contributed by atoms with Crippen LogP contribution in [0.3, 0.4) is 0 Å². The number of nitrogens with zero attached hydrogens (tertiary/aromatic N) is 1. The fourth-order valence-electron chi connectivity index (χ4n) is 2.80. The molecule has 2 aromatic carbocycles. The van der Waals surface area contributed by atoms with Crippen molar-refractivity contribution in [3.05, 3.63) is 52.5 Å². The number of aliphatic imine (C=N–C) groups is 1. The number of aryl methyl sites for hydroxylation is 2. The first kappa shape index (κ1) is 20.2. The molecule has 0 bridgehead atoms. The molecule has 2 amide bonds. The van der Waals surface area contributed by atoms with Gasteiger partial charge in [-0.15, -0.1) is 0 Å². The minimum Gasteiger partial charge on any atom is -0.495 e. The number of amidine groups is 1. The highest BCUT2D eigenvalue weighted by atomic mass is 35.5. The number of anilines is 1. The van der Waals surface area contributed by atoms with E-state index in [0.29, 0.717) is 21.6 Å². The van der Waals surface area contributed by atoms with E-state index in [1.807, 2.05) is 32.0 Å². The maximum Gasteiger partial charge on any atom is 0.240 e. The molecule has 1 aliphatic heterocycles. The number of rotatable bonds is 5. The molecule has 0 aromatic heterocycles. The first-order valence-electron chi connectivity index (χ1n) is 8.63. The van der Waals surface area contributed by atoms with Gasteiger partial charge in [-0.25, -0.2) is 4.99 Å². The van der Waals surface area contributed by atoms with Crippen LogP contribution >= 0.6 is 23.4 Å². The van der Waals surface area contributed by atoms with E-state index in [1.165, 1.54) is 18.9 Å². The van der Waals surface area contributed by atoms with E-state index in [1.54, 1.807) is 18.2 Å². The Balaban J connectivity index is 1.65. The summed E-state index contributed by atoms with van der Waals surface area (Å²) >= 11 is 7.33. The van der Waals surface area contributed by atoms with Gasteiger partial charge in [-0.05, 0) is 43.2 Å². The molecule has 1 aliphatic rings. The number of hydrogen-bond donors (Lipinski definition) is 2. The molecular formula is C20H20ClN3O3S. The number of nitrogens with one attached hydrogen (secondary N) is 2. The summed E-state index contributed by atoms with van der Waals surface area (Å²) in [5, 5.41) is 5.88. The Morgan fingerprint density at radius 1 is 1.29 bits per heavy atom. The topological polar surface area (TPSA) is 79.8 Å². The van der Waals surface area contributed by atoms with Crippen molar-refractivity contribution >= 4 is 51.7 Å². The minimum atomic E-state index is -0.531. The Kier molecular flexibility index (Phi) is 6.26. The van der Waals surface area contributed by atoms with Gasteiger partial charge in [-0.1, -0.05) is 41.6 Å². The molecule has 0 radical (unpaired) electrons. The second-order valence-electron chi connectivity index (χ2n) is 6.35. The van der Waals surface area contributed by atoms with E-state index in [2.05, 4.69) is 15.6 Å². The number of methoxy groups -OCH3 is 1. The number of carbonyl (C=O) groups excluding carboxylic acids is 2. The number of thioether (sulfide) groups is 1. The van der Waals surface area contributed by atoms with E-state index < -0.39 is 5.25 Å². The zero-order chi connectivity index (χ0) is 20.3. The molecule has 3 rings (SSSR count). The first-order chi connectivity index (χ1) is 13.4. The average molecular weight is 418 g/mol. The van der Waals surface area contributed by atoms with Crippen molar-refractivity contribution < 1.29 is 14.3 Å². The van der Waals surface area contributed by atoms with Gasteiger partial charge in [-0.3, -0.25) is 9.59 Å². The summed E-state index contributed by atoms with van der Waals surface area (Å²) in [5.41, 5.74) is 3.44. The lowest BCUT2D eigenvalue weighted by atomic mass is 10.1. The lowest BCUT2D eigenvalue weighted by Crippen LogP contribution is -2.28. The van der Waals surface area contributed by atoms with E-state index in [0.717, 1.165) is 16.8 Å². The lowest BCUT2D eigenvalue weighted by Gasteiger charge is -2.09. The van der Waals surface area contributed by atoms with Crippen molar-refractivity contribution in [1.29, 1.82) is 0 Å². The second-order valence-corrected chi connectivity index (χ2v) is 7.95. The minimum absolute atomic E-state index is 0.0337. The summed E-state index contributed by atoms with van der Waals surface area (Å²) in [6.07, 6.45) is 0.0337. The third-order valence-electron chi connectivity index (χ3n) is 4.24. The Morgan fingerprint density at radius 3 is 2.64 bits per heavy atom. The van der Waals surface area contributed by atoms with E-state index in [-0.39, 0.29) is 18.2 Å². The summed E-state index contributed by atoms with van der Waals surface area (Å²) in [6, 6.07) is 10.9. The van der Waals surface area contributed by atoms with Crippen molar-refractivity contribution in [2.45, 2.75) is 25.5 Å². The molecule has 0 spiro atoms. The van der Waals surface area contributed by atoms with Crippen LogP contribution in [0.2, 0.25) is 5.02 Å². The van der Waals surface area contributed by atoms with Crippen LogP contribution < -0.4 is 15.4 Å². The molecule has 2 N–H and O–H groups in total. The third-order valence-corrected chi connectivity index (χ3v) is 5.61. The van der Waals surface area contributed by atoms with Crippen LogP contribution in [-0.4, -0.2) is 29.3 Å². The van der Waals surface area contributed by atoms with Gasteiger partial charge in [0.05, 0.1) is 17.8 Å². The summed E-state index contributed by atoms with van der Waals surface area (Å²) in [7, 11) is 1.52. The summed E-state index contributed by atoms with van der Waals surface area (Å²) in [5.74, 6) is 0.0258. The van der Waals surface area contributed by atoms with Gasteiger partial charge in [-0.2, -0.15) is 0 Å². The van der Waals surface area contributed by atoms with Crippen molar-refractivity contribution in [3.8, 4) is 5.75 Å². The number of halogens is 1. The average Bonchev–Trinajstić information content (AvgIpc) is 2.97. The molecule has 8 heteroatoms. The molecular weight excluding hydrogens is 398 g/mol. The zero-order valence-corrected chi connectivity index (χ0v) is 17.3. The van der Waals surface area contributed by atoms with Crippen LogP contribution in [0, 0.1) is 13.8 Å². The number of para-hydroxylation sites is 1. The number of benzene rings is 2. The van der Waals surface area contributed by atoms with Crippen molar-refractivity contribution in [2.24, 2.45) is 4.99 Å². The Hall–Kier alpha value is -2.51. The number of hydrogen-bond acceptors (Lipinski definition) is 5.